The van der Waals surface area contributed by atoms with Crippen molar-refractivity contribution in [3.63, 3.8) is 0 Å². The lowest BCUT2D eigenvalue weighted by Gasteiger charge is -2.16. The molecule has 0 fully saturated rings. The molecule has 0 amide bonds. The van der Waals surface area contributed by atoms with Gasteiger partial charge in [0.25, 0.3) is 0 Å². The smallest absolute Gasteiger partial charge is 0.243 e. The molecule has 0 atom stereocenters. The van der Waals surface area contributed by atoms with Gasteiger partial charge in [-0.3, -0.25) is 0 Å². The van der Waals surface area contributed by atoms with E-state index in [1.165, 1.54) is 33.4 Å². The van der Waals surface area contributed by atoms with Crippen molar-refractivity contribution < 1.29 is 22.4 Å². The Morgan fingerprint density at radius 1 is 1.07 bits per heavy atom. The average Bonchev–Trinajstić information content (AvgIpc) is 3.15. The first kappa shape index (κ1) is 19.8. The van der Waals surface area contributed by atoms with E-state index in [1.807, 2.05) is 31.2 Å². The van der Waals surface area contributed by atoms with Crippen LogP contribution in [0.25, 0.3) is 11.4 Å². The first-order chi connectivity index (χ1) is 13.3. The Balaban J connectivity index is 1.81. The van der Waals surface area contributed by atoms with Crippen LogP contribution in [0.3, 0.4) is 0 Å². The molecule has 28 heavy (non-hydrogen) atoms. The van der Waals surface area contributed by atoms with E-state index in [2.05, 4.69) is 10.1 Å². The van der Waals surface area contributed by atoms with E-state index in [0.29, 0.717) is 17.3 Å². The molecule has 2 aromatic carbocycles. The molecule has 9 heteroatoms. The molecule has 0 spiro atoms. The predicted molar refractivity (Wildman–Crippen MR) is 103 cm³/mol. The highest BCUT2D eigenvalue weighted by molar-refractivity contribution is 7.89. The summed E-state index contributed by atoms with van der Waals surface area (Å²) in [5.41, 5.74) is 1.87. The summed E-state index contributed by atoms with van der Waals surface area (Å²) in [6.45, 7) is 1.91. The molecule has 8 nitrogen and oxygen atoms in total. The van der Waals surface area contributed by atoms with Gasteiger partial charge in [0.1, 0.15) is 0 Å². The molecule has 0 saturated carbocycles. The summed E-state index contributed by atoms with van der Waals surface area (Å²) in [4.78, 5) is 4.38. The Morgan fingerprint density at radius 2 is 1.82 bits per heavy atom. The van der Waals surface area contributed by atoms with Gasteiger partial charge in [0.2, 0.25) is 21.7 Å². The van der Waals surface area contributed by atoms with Gasteiger partial charge < -0.3 is 14.0 Å². The summed E-state index contributed by atoms with van der Waals surface area (Å²) < 4.78 is 42.4. The molecule has 3 rings (SSSR count). The summed E-state index contributed by atoms with van der Waals surface area (Å²) >= 11 is 0. The number of benzene rings is 2. The highest BCUT2D eigenvalue weighted by Crippen LogP contribution is 2.30. The van der Waals surface area contributed by atoms with Crippen LogP contribution < -0.4 is 9.47 Å². The number of nitrogens with zero attached hydrogens (tertiary/aromatic N) is 3. The zero-order valence-corrected chi connectivity index (χ0v) is 16.9. The van der Waals surface area contributed by atoms with Gasteiger partial charge in [-0.1, -0.05) is 28.9 Å². The Kier molecular flexibility index (Phi) is 5.66. The molecule has 3 aromatic rings. The summed E-state index contributed by atoms with van der Waals surface area (Å²) in [6.07, 6.45) is 0. The second kappa shape index (κ2) is 7.99. The molecule has 0 aliphatic rings. The Hall–Kier alpha value is -2.91. The van der Waals surface area contributed by atoms with Gasteiger partial charge in [0.05, 0.1) is 25.7 Å². The lowest BCUT2D eigenvalue weighted by atomic mass is 10.1. The van der Waals surface area contributed by atoms with Crippen molar-refractivity contribution in [1.29, 1.82) is 0 Å². The molecule has 0 aliphatic heterocycles. The van der Waals surface area contributed by atoms with Crippen molar-refractivity contribution in [2.45, 2.75) is 18.4 Å². The fourth-order valence-corrected chi connectivity index (χ4v) is 3.79. The lowest BCUT2D eigenvalue weighted by Crippen LogP contribution is -2.26. The van der Waals surface area contributed by atoms with Crippen LogP contribution >= 0.6 is 0 Å². The quantitative estimate of drug-likeness (QED) is 0.599. The van der Waals surface area contributed by atoms with Crippen LogP contribution in [0.1, 0.15) is 11.5 Å². The van der Waals surface area contributed by atoms with E-state index in [1.54, 1.807) is 6.07 Å². The van der Waals surface area contributed by atoms with Crippen molar-refractivity contribution in [3.8, 4) is 22.9 Å². The number of hydrogen-bond acceptors (Lipinski definition) is 7. The van der Waals surface area contributed by atoms with Gasteiger partial charge in [-0.25, -0.2) is 8.42 Å². The minimum absolute atomic E-state index is 0.0600. The summed E-state index contributed by atoms with van der Waals surface area (Å²) in [7, 11) is 0.593. The molecule has 1 aromatic heterocycles. The molecule has 0 unspecified atom stereocenters. The number of sulfonamides is 1. The van der Waals surface area contributed by atoms with E-state index < -0.39 is 10.0 Å². The molecule has 0 aliphatic carbocycles. The fourth-order valence-electron chi connectivity index (χ4n) is 2.65. The van der Waals surface area contributed by atoms with Crippen molar-refractivity contribution in [3.05, 3.63) is 53.9 Å². The van der Waals surface area contributed by atoms with Gasteiger partial charge in [-0.05, 0) is 25.1 Å². The molecular formula is C19H21N3O5S. The fraction of sp³-hybridized carbons (Fsp3) is 0.263. The number of ether oxygens (including phenoxy) is 2. The van der Waals surface area contributed by atoms with Gasteiger partial charge in [-0.15, -0.1) is 0 Å². The molecule has 1 heterocycles. The number of aryl methyl sites for hydroxylation is 1. The van der Waals surface area contributed by atoms with E-state index in [-0.39, 0.29) is 17.3 Å². The highest BCUT2D eigenvalue weighted by Gasteiger charge is 2.24. The minimum atomic E-state index is -3.79. The first-order valence-corrected chi connectivity index (χ1v) is 9.87. The maximum atomic E-state index is 12.9. The Morgan fingerprint density at radius 3 is 2.50 bits per heavy atom. The number of hydrogen-bond donors (Lipinski definition) is 0. The molecule has 0 radical (unpaired) electrons. The van der Waals surface area contributed by atoms with Crippen LogP contribution in [0.4, 0.5) is 0 Å². The molecule has 0 N–H and O–H groups in total. The van der Waals surface area contributed by atoms with Crippen molar-refractivity contribution in [1.82, 2.24) is 14.4 Å². The third kappa shape index (κ3) is 4.00. The third-order valence-electron chi connectivity index (χ3n) is 4.17. The normalized spacial score (nSPS) is 11.6. The molecular weight excluding hydrogens is 382 g/mol. The summed E-state index contributed by atoms with van der Waals surface area (Å²) in [6, 6.07) is 12.1. The van der Waals surface area contributed by atoms with Crippen LogP contribution in [0.2, 0.25) is 0 Å². The first-order valence-electron chi connectivity index (χ1n) is 8.43. The third-order valence-corrected chi connectivity index (χ3v) is 5.96. The second-order valence-electron chi connectivity index (χ2n) is 6.16. The van der Waals surface area contributed by atoms with Gasteiger partial charge in [-0.2, -0.15) is 9.29 Å². The monoisotopic (exact) mass is 403 g/mol. The number of methoxy groups -OCH3 is 2. The van der Waals surface area contributed by atoms with Crippen LogP contribution in [0.15, 0.2) is 51.9 Å². The molecule has 148 valence electrons. The number of rotatable bonds is 7. The largest absolute Gasteiger partial charge is 0.493 e. The van der Waals surface area contributed by atoms with Gasteiger partial charge in [0, 0.05) is 18.7 Å². The van der Waals surface area contributed by atoms with Crippen LogP contribution in [0, 0.1) is 6.92 Å². The lowest BCUT2D eigenvalue weighted by molar-refractivity contribution is 0.336. The highest BCUT2D eigenvalue weighted by atomic mass is 32.2. The molecule has 0 saturated heterocycles. The SMILES string of the molecule is COc1ccc(S(=O)(=O)N(C)Cc2nc(-c3cccc(C)c3)no2)cc1OC. The van der Waals surface area contributed by atoms with Crippen molar-refractivity contribution in [2.24, 2.45) is 0 Å². The van der Waals surface area contributed by atoms with E-state index in [4.69, 9.17) is 14.0 Å². The average molecular weight is 403 g/mol. The van der Waals surface area contributed by atoms with E-state index in [9.17, 15) is 8.42 Å². The maximum Gasteiger partial charge on any atom is 0.243 e. The standard InChI is InChI=1S/C19H21N3O5S/c1-13-6-5-7-14(10-13)19-20-18(27-21-19)12-22(2)28(23,24)15-8-9-16(25-3)17(11-15)26-4/h5-11H,12H2,1-4H3. The zero-order valence-electron chi connectivity index (χ0n) is 16.0. The van der Waals surface area contributed by atoms with Crippen LogP contribution in [0.5, 0.6) is 11.5 Å². The van der Waals surface area contributed by atoms with Gasteiger partial charge in [0.15, 0.2) is 11.5 Å². The van der Waals surface area contributed by atoms with E-state index in [0.717, 1.165) is 15.4 Å². The molecule has 0 bridgehead atoms. The van der Waals surface area contributed by atoms with Crippen molar-refractivity contribution >= 4 is 10.0 Å². The summed E-state index contributed by atoms with van der Waals surface area (Å²) in [5, 5.41) is 3.94. The zero-order chi connectivity index (χ0) is 20.3. The predicted octanol–water partition coefficient (Wildman–Crippen LogP) is 2.88. The number of aromatic nitrogens is 2. The van der Waals surface area contributed by atoms with Crippen LogP contribution in [-0.2, 0) is 16.6 Å². The topological polar surface area (TPSA) is 94.8 Å². The van der Waals surface area contributed by atoms with Gasteiger partial charge >= 0.3 is 0 Å². The Bertz CT molecular complexity index is 1080. The summed E-state index contributed by atoms with van der Waals surface area (Å²) in [5.74, 6) is 1.39. The Labute approximate surface area is 163 Å². The van der Waals surface area contributed by atoms with Crippen LogP contribution in [-0.4, -0.2) is 44.1 Å². The minimum Gasteiger partial charge on any atom is -0.493 e. The maximum absolute atomic E-state index is 12.9. The second-order valence-corrected chi connectivity index (χ2v) is 8.20. The van der Waals surface area contributed by atoms with E-state index >= 15 is 0 Å². The van der Waals surface area contributed by atoms with Crippen molar-refractivity contribution in [2.75, 3.05) is 21.3 Å².